The molecular formula is C27H24N2O3. The Morgan fingerprint density at radius 1 is 0.688 bits per heavy atom. The molecule has 0 spiro atoms. The topological polar surface area (TPSA) is 67.4 Å². The lowest BCUT2D eigenvalue weighted by Gasteiger charge is -2.13. The molecule has 0 saturated heterocycles. The summed E-state index contributed by atoms with van der Waals surface area (Å²) >= 11 is 0. The minimum atomic E-state index is -0.226. The van der Waals surface area contributed by atoms with Gasteiger partial charge in [0.05, 0.1) is 18.0 Å². The molecule has 5 heteroatoms. The summed E-state index contributed by atoms with van der Waals surface area (Å²) in [6, 6.07) is 30.1. The average Bonchev–Trinajstić information content (AvgIpc) is 2.83. The highest BCUT2D eigenvalue weighted by Gasteiger charge is 2.11. The standard InChI is InChI=1S/C27H24N2O3/c30-26(18-9-19-32-25-17-8-13-20-10-4-5-14-22(20)25)28-23-15-6-7-16-24(23)29-27(31)21-11-2-1-3-12-21/h1-8,10-17H,9,18-19H2,(H,28,30)(H,29,31). The van der Waals surface area contributed by atoms with Gasteiger partial charge in [0.25, 0.3) is 5.91 Å². The van der Waals surface area contributed by atoms with Crippen LogP contribution in [-0.2, 0) is 4.79 Å². The van der Waals surface area contributed by atoms with Crippen LogP contribution in [-0.4, -0.2) is 18.4 Å². The van der Waals surface area contributed by atoms with E-state index in [1.165, 1.54) is 0 Å². The van der Waals surface area contributed by atoms with E-state index in [-0.39, 0.29) is 11.8 Å². The van der Waals surface area contributed by atoms with Crippen LogP contribution in [0.25, 0.3) is 10.8 Å². The van der Waals surface area contributed by atoms with Gasteiger partial charge in [-0.3, -0.25) is 9.59 Å². The zero-order valence-corrected chi connectivity index (χ0v) is 17.6. The van der Waals surface area contributed by atoms with Crippen LogP contribution in [0.1, 0.15) is 23.2 Å². The number of anilines is 2. The van der Waals surface area contributed by atoms with Gasteiger partial charge in [0.1, 0.15) is 5.75 Å². The number of carbonyl (C=O) groups excluding carboxylic acids is 2. The molecule has 160 valence electrons. The van der Waals surface area contributed by atoms with Crippen LogP contribution >= 0.6 is 0 Å². The maximum atomic E-state index is 12.5. The second kappa shape index (κ2) is 10.3. The molecule has 32 heavy (non-hydrogen) atoms. The lowest BCUT2D eigenvalue weighted by molar-refractivity contribution is -0.116. The van der Waals surface area contributed by atoms with Crippen molar-refractivity contribution in [2.75, 3.05) is 17.2 Å². The summed E-state index contributed by atoms with van der Waals surface area (Å²) in [4.78, 5) is 24.9. The highest BCUT2D eigenvalue weighted by atomic mass is 16.5. The molecule has 2 N–H and O–H groups in total. The van der Waals surface area contributed by atoms with Crippen molar-refractivity contribution < 1.29 is 14.3 Å². The minimum Gasteiger partial charge on any atom is -0.493 e. The van der Waals surface area contributed by atoms with Crippen molar-refractivity contribution in [2.24, 2.45) is 0 Å². The number of para-hydroxylation sites is 2. The molecule has 0 aromatic heterocycles. The molecule has 4 rings (SSSR count). The zero-order chi connectivity index (χ0) is 22.2. The van der Waals surface area contributed by atoms with E-state index < -0.39 is 0 Å². The van der Waals surface area contributed by atoms with Crippen LogP contribution in [0, 0.1) is 0 Å². The molecule has 0 radical (unpaired) electrons. The first-order valence-corrected chi connectivity index (χ1v) is 10.6. The van der Waals surface area contributed by atoms with Gasteiger partial charge in [-0.2, -0.15) is 0 Å². The molecule has 5 nitrogen and oxygen atoms in total. The Morgan fingerprint density at radius 2 is 1.34 bits per heavy atom. The SMILES string of the molecule is O=C(CCCOc1cccc2ccccc12)Nc1ccccc1NC(=O)c1ccccc1. The first-order chi connectivity index (χ1) is 15.7. The highest BCUT2D eigenvalue weighted by molar-refractivity contribution is 6.07. The Balaban J connectivity index is 1.30. The summed E-state index contributed by atoms with van der Waals surface area (Å²) in [6.45, 7) is 0.438. The quantitative estimate of drug-likeness (QED) is 0.347. The predicted molar refractivity (Wildman–Crippen MR) is 128 cm³/mol. The van der Waals surface area contributed by atoms with Crippen LogP contribution in [0.15, 0.2) is 97.1 Å². The smallest absolute Gasteiger partial charge is 0.255 e. The number of benzene rings is 4. The van der Waals surface area contributed by atoms with Gasteiger partial charge in [0.2, 0.25) is 5.91 Å². The number of amides is 2. The fraction of sp³-hybridized carbons (Fsp3) is 0.111. The Morgan fingerprint density at radius 3 is 2.16 bits per heavy atom. The Kier molecular flexibility index (Phi) is 6.78. The predicted octanol–water partition coefficient (Wildman–Crippen LogP) is 5.89. The third-order valence-electron chi connectivity index (χ3n) is 5.04. The van der Waals surface area contributed by atoms with Gasteiger partial charge in [0, 0.05) is 17.4 Å². The van der Waals surface area contributed by atoms with E-state index in [1.807, 2.05) is 72.8 Å². The summed E-state index contributed by atoms with van der Waals surface area (Å²) in [6.07, 6.45) is 0.888. The van der Waals surface area contributed by atoms with Gasteiger partial charge in [-0.15, -0.1) is 0 Å². The lowest BCUT2D eigenvalue weighted by atomic mass is 10.1. The molecule has 0 unspecified atom stereocenters. The van der Waals surface area contributed by atoms with E-state index >= 15 is 0 Å². The molecule has 0 aliphatic rings. The van der Waals surface area contributed by atoms with Gasteiger partial charge in [0.15, 0.2) is 0 Å². The van der Waals surface area contributed by atoms with Crippen LogP contribution in [0.2, 0.25) is 0 Å². The molecule has 0 aliphatic heterocycles. The van der Waals surface area contributed by atoms with Crippen LogP contribution < -0.4 is 15.4 Å². The number of fused-ring (bicyclic) bond motifs is 1. The fourth-order valence-electron chi connectivity index (χ4n) is 3.43. The van der Waals surface area contributed by atoms with Crippen LogP contribution in [0.3, 0.4) is 0 Å². The van der Waals surface area contributed by atoms with Crippen molar-refractivity contribution in [2.45, 2.75) is 12.8 Å². The molecule has 0 aliphatic carbocycles. The second-order valence-corrected chi connectivity index (χ2v) is 7.34. The number of nitrogens with one attached hydrogen (secondary N) is 2. The molecule has 0 saturated carbocycles. The average molecular weight is 425 g/mol. The van der Waals surface area contributed by atoms with Gasteiger partial charge >= 0.3 is 0 Å². The van der Waals surface area contributed by atoms with E-state index in [0.29, 0.717) is 36.4 Å². The summed E-state index contributed by atoms with van der Waals surface area (Å²) < 4.78 is 5.91. The summed E-state index contributed by atoms with van der Waals surface area (Å²) in [7, 11) is 0. The Hall–Kier alpha value is -4.12. The van der Waals surface area contributed by atoms with Crippen molar-refractivity contribution in [3.8, 4) is 5.75 Å². The van der Waals surface area contributed by atoms with E-state index in [4.69, 9.17) is 4.74 Å². The van der Waals surface area contributed by atoms with Gasteiger partial charge in [-0.25, -0.2) is 0 Å². The number of ether oxygens (including phenoxy) is 1. The molecule has 0 bridgehead atoms. The summed E-state index contributed by atoms with van der Waals surface area (Å²) in [5.74, 6) is 0.459. The van der Waals surface area contributed by atoms with Gasteiger partial charge < -0.3 is 15.4 Å². The molecule has 2 amide bonds. The van der Waals surface area contributed by atoms with E-state index in [2.05, 4.69) is 10.6 Å². The lowest BCUT2D eigenvalue weighted by Crippen LogP contribution is -2.17. The minimum absolute atomic E-state index is 0.132. The Bertz CT molecular complexity index is 1220. The van der Waals surface area contributed by atoms with Crippen molar-refractivity contribution in [1.82, 2.24) is 0 Å². The number of hydrogen-bond acceptors (Lipinski definition) is 3. The first kappa shape index (κ1) is 21.1. The molecule has 0 atom stereocenters. The third-order valence-corrected chi connectivity index (χ3v) is 5.04. The van der Waals surface area contributed by atoms with E-state index in [0.717, 1.165) is 16.5 Å². The summed E-state index contributed by atoms with van der Waals surface area (Å²) in [5.41, 5.74) is 1.68. The molecule has 0 fully saturated rings. The van der Waals surface area contributed by atoms with Crippen molar-refractivity contribution in [3.63, 3.8) is 0 Å². The van der Waals surface area contributed by atoms with Crippen molar-refractivity contribution in [1.29, 1.82) is 0 Å². The molecule has 0 heterocycles. The zero-order valence-electron chi connectivity index (χ0n) is 17.6. The van der Waals surface area contributed by atoms with Crippen molar-refractivity contribution in [3.05, 3.63) is 103 Å². The van der Waals surface area contributed by atoms with Crippen LogP contribution in [0.4, 0.5) is 11.4 Å². The van der Waals surface area contributed by atoms with E-state index in [9.17, 15) is 9.59 Å². The van der Waals surface area contributed by atoms with Gasteiger partial charge in [-0.1, -0.05) is 66.7 Å². The fourth-order valence-corrected chi connectivity index (χ4v) is 3.43. The van der Waals surface area contributed by atoms with Gasteiger partial charge in [-0.05, 0) is 42.1 Å². The first-order valence-electron chi connectivity index (χ1n) is 10.6. The summed E-state index contributed by atoms with van der Waals surface area (Å²) in [5, 5.41) is 7.93. The molecule has 4 aromatic rings. The van der Waals surface area contributed by atoms with Crippen LogP contribution in [0.5, 0.6) is 5.75 Å². The highest BCUT2D eigenvalue weighted by Crippen LogP contribution is 2.25. The molecule has 4 aromatic carbocycles. The normalized spacial score (nSPS) is 10.5. The third kappa shape index (κ3) is 5.32. The monoisotopic (exact) mass is 424 g/mol. The second-order valence-electron chi connectivity index (χ2n) is 7.34. The Labute approximate surface area is 187 Å². The number of rotatable bonds is 8. The number of carbonyl (C=O) groups is 2. The maximum absolute atomic E-state index is 12.5. The number of hydrogen-bond donors (Lipinski definition) is 2. The maximum Gasteiger partial charge on any atom is 0.255 e. The van der Waals surface area contributed by atoms with E-state index in [1.54, 1.807) is 24.3 Å². The van der Waals surface area contributed by atoms with Crippen molar-refractivity contribution >= 4 is 34.0 Å². The largest absolute Gasteiger partial charge is 0.493 e. The molecular weight excluding hydrogens is 400 g/mol.